The first-order chi connectivity index (χ1) is 11.6. The minimum Gasteiger partial charge on any atom is -0.393 e. The molecule has 1 aromatic rings. The highest BCUT2D eigenvalue weighted by Crippen LogP contribution is 2.49. The summed E-state index contributed by atoms with van der Waals surface area (Å²) in [5.74, 6) is 2.36. The third kappa shape index (κ3) is 6.96. The van der Waals surface area contributed by atoms with Crippen molar-refractivity contribution in [3.8, 4) is 0 Å². The lowest BCUT2D eigenvalue weighted by Gasteiger charge is -2.39. The summed E-state index contributed by atoms with van der Waals surface area (Å²) in [6.45, 7) is 3.25. The lowest BCUT2D eigenvalue weighted by Crippen LogP contribution is -2.34. The molecule has 0 saturated carbocycles. The Balaban J connectivity index is 1.78. The number of aliphatic hydroxyl groups excluding tert-OH is 1. The summed E-state index contributed by atoms with van der Waals surface area (Å²) in [6.07, 6.45) is 3.86. The molecule has 0 aromatic heterocycles. The van der Waals surface area contributed by atoms with E-state index >= 15 is 0 Å². The van der Waals surface area contributed by atoms with Gasteiger partial charge in [-0.05, 0) is 49.7 Å². The monoisotopic (exact) mass is 370 g/mol. The molecule has 136 valence electrons. The lowest BCUT2D eigenvalue weighted by molar-refractivity contribution is 0.0385. The Morgan fingerprint density at radius 1 is 1.17 bits per heavy atom. The van der Waals surface area contributed by atoms with Crippen molar-refractivity contribution in [1.29, 1.82) is 0 Å². The maximum absolute atomic E-state index is 9.90. The van der Waals surface area contributed by atoms with E-state index in [1.54, 1.807) is 7.11 Å². The van der Waals surface area contributed by atoms with Crippen LogP contribution >= 0.6 is 23.5 Å². The second kappa shape index (κ2) is 10.7. The number of thioether (sulfide) groups is 2. The van der Waals surface area contributed by atoms with Gasteiger partial charge in [-0.2, -0.15) is 0 Å². The van der Waals surface area contributed by atoms with Crippen LogP contribution in [0.25, 0.3) is 0 Å². The molecule has 1 N–H and O–H groups in total. The normalized spacial score (nSPS) is 19.8. The van der Waals surface area contributed by atoms with E-state index < -0.39 is 0 Å². The summed E-state index contributed by atoms with van der Waals surface area (Å²) in [7, 11) is 1.79. The SMILES string of the molecule is CO[C@H](CCOCc1ccccc1)CC1(C[C@H](C)O)SCCCS1. The Morgan fingerprint density at radius 2 is 1.88 bits per heavy atom. The number of ether oxygens (including phenoxy) is 2. The van der Waals surface area contributed by atoms with Crippen LogP contribution in [0.1, 0.15) is 38.2 Å². The number of rotatable bonds is 10. The molecule has 0 amide bonds. The average molecular weight is 371 g/mol. The van der Waals surface area contributed by atoms with Gasteiger partial charge in [0.2, 0.25) is 0 Å². The van der Waals surface area contributed by atoms with Gasteiger partial charge in [0.25, 0.3) is 0 Å². The maximum Gasteiger partial charge on any atom is 0.0716 e. The zero-order chi connectivity index (χ0) is 17.3. The van der Waals surface area contributed by atoms with E-state index in [0.717, 1.165) is 19.3 Å². The lowest BCUT2D eigenvalue weighted by atomic mass is 10.1. The largest absolute Gasteiger partial charge is 0.393 e. The molecular formula is C19H30O3S2. The van der Waals surface area contributed by atoms with E-state index in [-0.39, 0.29) is 16.3 Å². The molecule has 0 radical (unpaired) electrons. The number of hydrogen-bond donors (Lipinski definition) is 1. The van der Waals surface area contributed by atoms with Crippen LogP contribution in [0.2, 0.25) is 0 Å². The molecule has 3 nitrogen and oxygen atoms in total. The van der Waals surface area contributed by atoms with Gasteiger partial charge in [0, 0.05) is 13.7 Å². The van der Waals surface area contributed by atoms with Crippen LogP contribution in [0.3, 0.4) is 0 Å². The third-order valence-corrected chi connectivity index (χ3v) is 7.60. The highest BCUT2D eigenvalue weighted by Gasteiger charge is 2.37. The molecule has 2 atom stereocenters. The highest BCUT2D eigenvalue weighted by atomic mass is 32.2. The van der Waals surface area contributed by atoms with Gasteiger partial charge in [-0.25, -0.2) is 0 Å². The van der Waals surface area contributed by atoms with Crippen molar-refractivity contribution in [1.82, 2.24) is 0 Å². The minimum atomic E-state index is -0.269. The van der Waals surface area contributed by atoms with E-state index in [1.807, 2.05) is 48.6 Å². The molecule has 1 aliphatic rings. The molecule has 1 saturated heterocycles. The van der Waals surface area contributed by atoms with Crippen molar-refractivity contribution in [3.05, 3.63) is 35.9 Å². The quantitative estimate of drug-likeness (QED) is 0.621. The highest BCUT2D eigenvalue weighted by molar-refractivity contribution is 8.18. The van der Waals surface area contributed by atoms with E-state index in [4.69, 9.17) is 9.47 Å². The van der Waals surface area contributed by atoms with Crippen LogP contribution in [-0.2, 0) is 16.1 Å². The first-order valence-electron chi connectivity index (χ1n) is 8.74. The predicted octanol–water partition coefficient (Wildman–Crippen LogP) is 4.34. The van der Waals surface area contributed by atoms with Crippen LogP contribution in [0.4, 0.5) is 0 Å². The van der Waals surface area contributed by atoms with Crippen molar-refractivity contribution in [2.75, 3.05) is 25.2 Å². The number of benzene rings is 1. The Kier molecular flexibility index (Phi) is 8.98. The van der Waals surface area contributed by atoms with E-state index in [0.29, 0.717) is 13.2 Å². The first-order valence-corrected chi connectivity index (χ1v) is 10.7. The van der Waals surface area contributed by atoms with Gasteiger partial charge in [0.05, 0.1) is 22.9 Å². The maximum atomic E-state index is 9.90. The first kappa shape index (κ1) is 20.1. The fourth-order valence-corrected chi connectivity index (χ4v) is 6.68. The molecule has 0 unspecified atom stereocenters. The number of methoxy groups -OCH3 is 1. The Labute approximate surface area is 154 Å². The van der Waals surface area contributed by atoms with E-state index in [9.17, 15) is 5.11 Å². The van der Waals surface area contributed by atoms with E-state index in [1.165, 1.54) is 23.5 Å². The third-order valence-electron chi connectivity index (χ3n) is 4.19. The van der Waals surface area contributed by atoms with Gasteiger partial charge in [-0.3, -0.25) is 0 Å². The summed E-state index contributed by atoms with van der Waals surface area (Å²) < 4.78 is 11.6. The number of aliphatic hydroxyl groups is 1. The molecule has 0 aliphatic carbocycles. The summed E-state index contributed by atoms with van der Waals surface area (Å²) >= 11 is 4.00. The van der Waals surface area contributed by atoms with Gasteiger partial charge in [0.15, 0.2) is 0 Å². The van der Waals surface area contributed by atoms with Crippen LogP contribution in [0, 0.1) is 0 Å². The van der Waals surface area contributed by atoms with Crippen LogP contribution < -0.4 is 0 Å². The molecule has 24 heavy (non-hydrogen) atoms. The van der Waals surface area contributed by atoms with Gasteiger partial charge in [-0.15, -0.1) is 23.5 Å². The standard InChI is InChI=1S/C19H30O3S2/c1-16(20)13-19(23-11-6-12-24-19)14-18(21-2)9-10-22-15-17-7-4-3-5-8-17/h3-5,7-8,16,18,20H,6,9-15H2,1-2H3/t16-,18+/m0/s1. The molecule has 1 fully saturated rings. The molecule has 0 spiro atoms. The molecule has 1 heterocycles. The smallest absolute Gasteiger partial charge is 0.0716 e. The summed E-state index contributed by atoms with van der Waals surface area (Å²) in [5.41, 5.74) is 1.20. The van der Waals surface area contributed by atoms with Crippen molar-refractivity contribution >= 4 is 23.5 Å². The summed E-state index contributed by atoms with van der Waals surface area (Å²) in [4.78, 5) is 0. The fraction of sp³-hybridized carbons (Fsp3) is 0.684. The second-order valence-corrected chi connectivity index (χ2v) is 9.62. The molecule has 2 rings (SSSR count). The van der Waals surface area contributed by atoms with Gasteiger partial charge in [0.1, 0.15) is 0 Å². The number of hydrogen-bond acceptors (Lipinski definition) is 5. The molecular weight excluding hydrogens is 340 g/mol. The zero-order valence-electron chi connectivity index (χ0n) is 14.8. The molecule has 5 heteroatoms. The van der Waals surface area contributed by atoms with E-state index in [2.05, 4.69) is 12.1 Å². The second-order valence-electron chi connectivity index (χ2n) is 6.40. The minimum absolute atomic E-state index is 0.0898. The summed E-state index contributed by atoms with van der Waals surface area (Å²) in [6, 6.07) is 10.3. The topological polar surface area (TPSA) is 38.7 Å². The average Bonchev–Trinajstić information content (AvgIpc) is 2.58. The van der Waals surface area contributed by atoms with Crippen molar-refractivity contribution in [2.24, 2.45) is 0 Å². The van der Waals surface area contributed by atoms with Crippen molar-refractivity contribution in [3.63, 3.8) is 0 Å². The van der Waals surface area contributed by atoms with Gasteiger partial charge < -0.3 is 14.6 Å². The summed E-state index contributed by atoms with van der Waals surface area (Å²) in [5, 5.41) is 9.90. The van der Waals surface area contributed by atoms with Crippen LogP contribution in [-0.4, -0.2) is 46.6 Å². The Hall–Kier alpha value is -0.200. The molecule has 0 bridgehead atoms. The van der Waals surface area contributed by atoms with Crippen molar-refractivity contribution in [2.45, 2.75) is 55.5 Å². The van der Waals surface area contributed by atoms with Crippen LogP contribution in [0.15, 0.2) is 30.3 Å². The Bertz CT molecular complexity index is 447. The fourth-order valence-electron chi connectivity index (χ4n) is 3.02. The zero-order valence-corrected chi connectivity index (χ0v) is 16.4. The Morgan fingerprint density at radius 3 is 2.50 bits per heavy atom. The predicted molar refractivity (Wildman–Crippen MR) is 105 cm³/mol. The molecule has 1 aliphatic heterocycles. The van der Waals surface area contributed by atoms with Crippen LogP contribution in [0.5, 0.6) is 0 Å². The van der Waals surface area contributed by atoms with Gasteiger partial charge >= 0.3 is 0 Å². The van der Waals surface area contributed by atoms with Crippen molar-refractivity contribution < 1.29 is 14.6 Å². The molecule has 1 aromatic carbocycles. The van der Waals surface area contributed by atoms with Gasteiger partial charge in [-0.1, -0.05) is 30.3 Å².